The van der Waals surface area contributed by atoms with E-state index in [0.29, 0.717) is 0 Å². The minimum atomic E-state index is -0.990. The molecule has 0 spiro atoms. The minimum absolute atomic E-state index is 0.276. The molecular weight excluding hydrogens is 438 g/mol. The van der Waals surface area contributed by atoms with Crippen LogP contribution in [-0.4, -0.2) is 22.9 Å². The summed E-state index contributed by atoms with van der Waals surface area (Å²) in [6.07, 6.45) is 4.29. The number of fused-ring (bicyclic) bond motifs is 2. The van der Waals surface area contributed by atoms with Crippen LogP contribution < -0.4 is 5.73 Å². The molecule has 34 heavy (non-hydrogen) atoms. The molecule has 3 nitrogen and oxygen atoms in total. The lowest BCUT2D eigenvalue weighted by Gasteiger charge is -2.37. The van der Waals surface area contributed by atoms with Gasteiger partial charge in [-0.15, -0.1) is 11.8 Å². The summed E-state index contributed by atoms with van der Waals surface area (Å²) in [5, 5.41) is 9.52. The quantitative estimate of drug-likeness (QED) is 0.353. The van der Waals surface area contributed by atoms with Crippen LogP contribution in [0.1, 0.15) is 27.8 Å². The van der Waals surface area contributed by atoms with Gasteiger partial charge in [-0.3, -0.25) is 4.79 Å². The van der Waals surface area contributed by atoms with Crippen molar-refractivity contribution in [3.8, 4) is 11.1 Å². The molecule has 1 atom stereocenters. The van der Waals surface area contributed by atoms with Gasteiger partial charge < -0.3 is 10.8 Å². The van der Waals surface area contributed by atoms with Gasteiger partial charge in [0.15, 0.2) is 0 Å². The summed E-state index contributed by atoms with van der Waals surface area (Å²) in [5.41, 5.74) is 13.9. The third-order valence-corrected chi connectivity index (χ3v) is 7.95. The van der Waals surface area contributed by atoms with Crippen LogP contribution in [0.3, 0.4) is 0 Å². The predicted molar refractivity (Wildman–Crippen MR) is 142 cm³/mol. The summed E-state index contributed by atoms with van der Waals surface area (Å²) in [5.74, 6) is -0.714. The number of aliphatic carboxylic acids is 1. The van der Waals surface area contributed by atoms with E-state index in [0.717, 1.165) is 38.9 Å². The summed E-state index contributed by atoms with van der Waals surface area (Å²) >= 11 is 1.59. The van der Waals surface area contributed by atoms with Crippen molar-refractivity contribution in [1.29, 1.82) is 0 Å². The second-order valence-corrected chi connectivity index (χ2v) is 9.62. The standard InChI is InChI=1S/C30H25NO2S/c31-28(29(32)33)20-34-30(25-18-16-22(17-19-25)21-8-2-1-3-9-21)26-12-6-4-10-23(26)14-15-24-11-5-7-13-27(24)30/h1-19,28H,20,31H2,(H,32,33)/t28-/m0/s1. The average Bonchev–Trinajstić information content (AvgIpc) is 3.03. The summed E-state index contributed by atoms with van der Waals surface area (Å²) in [6.45, 7) is 0. The van der Waals surface area contributed by atoms with E-state index < -0.39 is 16.8 Å². The zero-order chi connectivity index (χ0) is 23.5. The van der Waals surface area contributed by atoms with Crippen LogP contribution in [0.25, 0.3) is 23.3 Å². The maximum absolute atomic E-state index is 11.6. The first-order valence-corrected chi connectivity index (χ1v) is 12.2. The third-order valence-electron chi connectivity index (χ3n) is 6.32. The molecule has 1 aliphatic rings. The molecule has 0 heterocycles. The number of hydrogen-bond donors (Lipinski definition) is 2. The Morgan fingerprint density at radius 3 is 1.79 bits per heavy atom. The number of thioether (sulfide) groups is 1. The second-order valence-electron chi connectivity index (χ2n) is 8.39. The molecule has 5 rings (SSSR count). The van der Waals surface area contributed by atoms with E-state index in [-0.39, 0.29) is 5.75 Å². The molecule has 0 unspecified atom stereocenters. The Balaban J connectivity index is 1.73. The average molecular weight is 464 g/mol. The summed E-state index contributed by atoms with van der Waals surface area (Å²) in [7, 11) is 0. The first-order valence-electron chi connectivity index (χ1n) is 11.2. The van der Waals surface area contributed by atoms with Crippen molar-refractivity contribution in [3.05, 3.63) is 131 Å². The topological polar surface area (TPSA) is 63.3 Å². The van der Waals surface area contributed by atoms with Crippen molar-refractivity contribution in [2.75, 3.05) is 5.75 Å². The summed E-state index contributed by atoms with van der Waals surface area (Å²) < 4.78 is -0.612. The Morgan fingerprint density at radius 1 is 0.735 bits per heavy atom. The Bertz CT molecular complexity index is 1300. The number of nitrogens with two attached hydrogens (primary N) is 1. The molecule has 168 valence electrons. The van der Waals surface area contributed by atoms with Crippen molar-refractivity contribution < 1.29 is 9.90 Å². The number of hydrogen-bond acceptors (Lipinski definition) is 3. The van der Waals surface area contributed by atoms with Crippen LogP contribution in [0.5, 0.6) is 0 Å². The molecule has 0 amide bonds. The number of rotatable bonds is 6. The molecule has 0 fully saturated rings. The zero-order valence-corrected chi connectivity index (χ0v) is 19.4. The van der Waals surface area contributed by atoms with Gasteiger partial charge in [-0.2, -0.15) is 0 Å². The highest BCUT2D eigenvalue weighted by atomic mass is 32.2. The molecule has 4 heteroatoms. The van der Waals surface area contributed by atoms with Gasteiger partial charge in [-0.25, -0.2) is 0 Å². The Morgan fingerprint density at radius 2 is 1.24 bits per heavy atom. The molecule has 4 aromatic rings. The highest BCUT2D eigenvalue weighted by Crippen LogP contribution is 2.52. The molecule has 0 aliphatic heterocycles. The number of carboxylic acids is 1. The molecule has 4 aromatic carbocycles. The monoisotopic (exact) mass is 463 g/mol. The summed E-state index contributed by atoms with van der Waals surface area (Å²) in [6, 6.07) is 34.7. The highest BCUT2D eigenvalue weighted by Gasteiger charge is 2.41. The number of benzene rings is 4. The van der Waals surface area contributed by atoms with E-state index in [1.165, 1.54) is 0 Å². The maximum atomic E-state index is 11.6. The molecule has 3 N–H and O–H groups in total. The van der Waals surface area contributed by atoms with Gasteiger partial charge in [0, 0.05) is 5.75 Å². The molecule has 1 aliphatic carbocycles. The summed E-state index contributed by atoms with van der Waals surface area (Å²) in [4.78, 5) is 11.6. The van der Waals surface area contributed by atoms with E-state index in [9.17, 15) is 9.90 Å². The lowest BCUT2D eigenvalue weighted by molar-refractivity contribution is -0.137. The van der Waals surface area contributed by atoms with Crippen molar-refractivity contribution in [3.63, 3.8) is 0 Å². The number of carbonyl (C=O) groups is 1. The highest BCUT2D eigenvalue weighted by molar-refractivity contribution is 8.00. The van der Waals surface area contributed by atoms with Crippen LogP contribution >= 0.6 is 11.8 Å². The minimum Gasteiger partial charge on any atom is -0.480 e. The van der Waals surface area contributed by atoms with E-state index in [2.05, 4.69) is 72.8 Å². The van der Waals surface area contributed by atoms with Gasteiger partial charge in [0.2, 0.25) is 0 Å². The predicted octanol–water partition coefficient (Wildman–Crippen LogP) is 6.27. The van der Waals surface area contributed by atoms with Gasteiger partial charge in [0.25, 0.3) is 0 Å². The molecule has 0 bridgehead atoms. The first kappa shape index (κ1) is 22.2. The zero-order valence-electron chi connectivity index (χ0n) is 18.6. The van der Waals surface area contributed by atoms with Gasteiger partial charge in [0.05, 0.1) is 4.75 Å². The number of carboxylic acid groups (broad SMARTS) is 1. The fourth-order valence-corrected chi connectivity index (χ4v) is 6.17. The maximum Gasteiger partial charge on any atom is 0.321 e. The van der Waals surface area contributed by atoms with Gasteiger partial charge in [-0.05, 0) is 38.9 Å². The van der Waals surface area contributed by atoms with Crippen LogP contribution in [0, 0.1) is 0 Å². The normalized spacial score (nSPS) is 14.5. The molecule has 0 aromatic heterocycles. The van der Waals surface area contributed by atoms with E-state index in [4.69, 9.17) is 5.73 Å². The second kappa shape index (κ2) is 9.34. The fraction of sp³-hybridized carbons (Fsp3) is 0.100. The van der Waals surface area contributed by atoms with Crippen molar-refractivity contribution in [2.45, 2.75) is 10.8 Å². The largest absolute Gasteiger partial charge is 0.480 e. The molecule has 0 radical (unpaired) electrons. The first-order chi connectivity index (χ1) is 16.6. The van der Waals surface area contributed by atoms with Crippen molar-refractivity contribution in [2.24, 2.45) is 5.73 Å². The Labute approximate surface area is 204 Å². The van der Waals surface area contributed by atoms with Gasteiger partial charge in [-0.1, -0.05) is 115 Å². The van der Waals surface area contributed by atoms with Crippen molar-refractivity contribution >= 4 is 29.9 Å². The van der Waals surface area contributed by atoms with Crippen LogP contribution in [0.2, 0.25) is 0 Å². The third kappa shape index (κ3) is 3.96. The van der Waals surface area contributed by atoms with Gasteiger partial charge in [0.1, 0.15) is 6.04 Å². The van der Waals surface area contributed by atoms with Gasteiger partial charge >= 0.3 is 5.97 Å². The lowest BCUT2D eigenvalue weighted by Crippen LogP contribution is -2.36. The van der Waals surface area contributed by atoms with Crippen LogP contribution in [-0.2, 0) is 9.54 Å². The molecule has 0 saturated carbocycles. The SMILES string of the molecule is N[C@@H](CSC1(c2ccc(-c3ccccc3)cc2)c2ccccc2C=Cc2ccccc21)C(=O)O. The van der Waals surface area contributed by atoms with Crippen molar-refractivity contribution in [1.82, 2.24) is 0 Å². The lowest BCUT2D eigenvalue weighted by atomic mass is 9.81. The molecule has 0 saturated heterocycles. The Kier molecular flexibility index (Phi) is 6.10. The van der Waals surface area contributed by atoms with E-state index in [1.807, 2.05) is 42.5 Å². The van der Waals surface area contributed by atoms with E-state index >= 15 is 0 Å². The smallest absolute Gasteiger partial charge is 0.321 e. The van der Waals surface area contributed by atoms with Crippen LogP contribution in [0.15, 0.2) is 103 Å². The fourth-order valence-electron chi connectivity index (χ4n) is 4.61. The Hall–Kier alpha value is -3.60. The van der Waals surface area contributed by atoms with E-state index in [1.54, 1.807) is 11.8 Å². The molecular formula is C30H25NO2S. The van der Waals surface area contributed by atoms with Crippen LogP contribution in [0.4, 0.5) is 0 Å².